The lowest BCUT2D eigenvalue weighted by Crippen LogP contribution is -2.35. The lowest BCUT2D eigenvalue weighted by molar-refractivity contribution is 0.0614. The quantitative estimate of drug-likeness (QED) is 0.541. The number of nitrogens with zero attached hydrogens (tertiary/aromatic N) is 1. The van der Waals surface area contributed by atoms with Crippen LogP contribution in [-0.2, 0) is 16.6 Å². The van der Waals surface area contributed by atoms with Crippen LogP contribution in [-0.4, -0.2) is 36.5 Å². The van der Waals surface area contributed by atoms with Gasteiger partial charge in [0.2, 0.25) is 0 Å². The normalized spacial score (nSPS) is 16.5. The Morgan fingerprint density at radius 3 is 2.14 bits per heavy atom. The minimum atomic E-state index is -3.94. The summed E-state index contributed by atoms with van der Waals surface area (Å²) in [6.07, 6.45) is 0.199. The second-order valence-corrected chi connectivity index (χ2v) is 10.8. The molecule has 35 heavy (non-hydrogen) atoms. The van der Waals surface area contributed by atoms with Gasteiger partial charge in [0.15, 0.2) is 5.78 Å². The van der Waals surface area contributed by atoms with Gasteiger partial charge in [-0.3, -0.25) is 24.0 Å². The van der Waals surface area contributed by atoms with Crippen LogP contribution in [0.4, 0.5) is 5.69 Å². The Balaban J connectivity index is 1.32. The van der Waals surface area contributed by atoms with Crippen LogP contribution in [0.5, 0.6) is 5.75 Å². The number of imide groups is 1. The first-order valence-corrected chi connectivity index (χ1v) is 12.5. The zero-order chi connectivity index (χ0) is 25.0. The molecule has 0 aromatic heterocycles. The molecule has 2 aliphatic rings. The number of carbonyl (C=O) groups is 3. The van der Waals surface area contributed by atoms with Gasteiger partial charge in [0.25, 0.3) is 21.8 Å². The molecule has 178 valence electrons. The third-order valence-corrected chi connectivity index (χ3v) is 7.35. The van der Waals surface area contributed by atoms with Gasteiger partial charge in [-0.1, -0.05) is 24.3 Å². The van der Waals surface area contributed by atoms with E-state index >= 15 is 0 Å². The van der Waals surface area contributed by atoms with Gasteiger partial charge in [0, 0.05) is 5.69 Å². The summed E-state index contributed by atoms with van der Waals surface area (Å²) in [7, 11) is -3.94. The summed E-state index contributed by atoms with van der Waals surface area (Å²) in [5.74, 6) is -0.446. The SMILES string of the molecule is CC1(C)CC(=O)c2cc(NS(=O)(=O)c3ccc(CN4C(=O)c5ccccc5C4=O)cc3)ccc2O1. The number of carbonyl (C=O) groups excluding carboxylic acids is 3. The molecule has 0 atom stereocenters. The number of hydrogen-bond donors (Lipinski definition) is 1. The summed E-state index contributed by atoms with van der Waals surface area (Å²) in [5.41, 5.74) is 1.30. The molecule has 0 spiro atoms. The summed E-state index contributed by atoms with van der Waals surface area (Å²) in [6, 6.07) is 17.2. The third-order valence-electron chi connectivity index (χ3n) is 5.96. The number of Topliss-reactive ketones (excluding diaryl/α,β-unsaturated/α-hetero) is 1. The topological polar surface area (TPSA) is 110 Å². The van der Waals surface area contributed by atoms with Crippen molar-refractivity contribution in [2.75, 3.05) is 4.72 Å². The molecule has 1 N–H and O–H groups in total. The molecule has 3 aromatic rings. The fourth-order valence-corrected chi connectivity index (χ4v) is 5.32. The maximum atomic E-state index is 12.9. The molecule has 0 saturated heterocycles. The number of benzene rings is 3. The molecule has 0 aliphatic carbocycles. The van der Waals surface area contributed by atoms with Gasteiger partial charge in [-0.25, -0.2) is 8.42 Å². The summed E-state index contributed by atoms with van der Waals surface area (Å²) < 4.78 is 34.1. The van der Waals surface area contributed by atoms with Gasteiger partial charge in [0.1, 0.15) is 11.4 Å². The highest BCUT2D eigenvalue weighted by atomic mass is 32.2. The molecule has 9 heteroatoms. The second-order valence-electron chi connectivity index (χ2n) is 9.16. The predicted molar refractivity (Wildman–Crippen MR) is 128 cm³/mol. The van der Waals surface area contributed by atoms with Crippen LogP contribution >= 0.6 is 0 Å². The van der Waals surface area contributed by atoms with Crippen molar-refractivity contribution in [1.82, 2.24) is 4.90 Å². The summed E-state index contributed by atoms with van der Waals surface area (Å²) >= 11 is 0. The molecule has 8 nitrogen and oxygen atoms in total. The summed E-state index contributed by atoms with van der Waals surface area (Å²) in [4.78, 5) is 38.8. The standard InChI is InChI=1S/C26H22N2O6S/c1-26(2)14-22(29)21-13-17(9-12-23(21)34-26)27-35(32,33)18-10-7-16(8-11-18)15-28-24(30)19-5-3-4-6-20(19)25(28)31/h3-13,27H,14-15H2,1-2H3. The first-order valence-electron chi connectivity index (χ1n) is 11.0. The number of anilines is 1. The minimum Gasteiger partial charge on any atom is -0.487 e. The number of ketones is 1. The fourth-order valence-electron chi connectivity index (χ4n) is 4.27. The van der Waals surface area contributed by atoms with Crippen molar-refractivity contribution in [3.8, 4) is 5.75 Å². The van der Waals surface area contributed by atoms with Crippen molar-refractivity contribution in [3.05, 3.63) is 89.0 Å². The highest BCUT2D eigenvalue weighted by Crippen LogP contribution is 2.35. The zero-order valence-electron chi connectivity index (χ0n) is 19.1. The second kappa shape index (κ2) is 8.06. The Morgan fingerprint density at radius 1 is 0.886 bits per heavy atom. The van der Waals surface area contributed by atoms with E-state index in [-0.39, 0.29) is 41.1 Å². The van der Waals surface area contributed by atoms with E-state index in [9.17, 15) is 22.8 Å². The lowest BCUT2D eigenvalue weighted by atomic mass is 9.93. The predicted octanol–water partition coefficient (Wildman–Crippen LogP) is 4.03. The Bertz CT molecular complexity index is 1460. The van der Waals surface area contributed by atoms with E-state index in [4.69, 9.17) is 4.74 Å². The molecule has 0 unspecified atom stereocenters. The first kappa shape index (κ1) is 22.8. The van der Waals surface area contributed by atoms with Crippen molar-refractivity contribution in [3.63, 3.8) is 0 Å². The monoisotopic (exact) mass is 490 g/mol. The van der Waals surface area contributed by atoms with Crippen LogP contribution in [0.3, 0.4) is 0 Å². The van der Waals surface area contributed by atoms with E-state index in [0.717, 1.165) is 4.90 Å². The van der Waals surface area contributed by atoms with Gasteiger partial charge in [-0.05, 0) is 61.9 Å². The third kappa shape index (κ3) is 4.19. The molecule has 0 fully saturated rings. The Labute approximate surface area is 202 Å². The van der Waals surface area contributed by atoms with Crippen LogP contribution in [0.2, 0.25) is 0 Å². The molecular formula is C26H22N2O6S. The number of ether oxygens (including phenoxy) is 1. The fraction of sp³-hybridized carbons (Fsp3) is 0.192. The van der Waals surface area contributed by atoms with Crippen LogP contribution in [0, 0.1) is 0 Å². The number of hydrogen-bond acceptors (Lipinski definition) is 6. The van der Waals surface area contributed by atoms with E-state index in [1.807, 2.05) is 13.8 Å². The van der Waals surface area contributed by atoms with E-state index < -0.39 is 15.6 Å². The van der Waals surface area contributed by atoms with E-state index in [1.165, 1.54) is 18.2 Å². The van der Waals surface area contributed by atoms with E-state index in [0.29, 0.717) is 28.0 Å². The van der Waals surface area contributed by atoms with Crippen molar-refractivity contribution in [2.24, 2.45) is 0 Å². The van der Waals surface area contributed by atoms with Gasteiger partial charge in [-0.15, -0.1) is 0 Å². The minimum absolute atomic E-state index is 0.00467. The van der Waals surface area contributed by atoms with E-state index in [1.54, 1.807) is 48.5 Å². The Morgan fingerprint density at radius 2 is 1.51 bits per heavy atom. The van der Waals surface area contributed by atoms with E-state index in [2.05, 4.69) is 4.72 Å². The maximum absolute atomic E-state index is 12.9. The summed E-state index contributed by atoms with van der Waals surface area (Å²) in [6.45, 7) is 3.67. The number of nitrogens with one attached hydrogen (secondary N) is 1. The van der Waals surface area contributed by atoms with Crippen LogP contribution in [0.1, 0.15) is 56.9 Å². The molecule has 2 amide bonds. The highest BCUT2D eigenvalue weighted by molar-refractivity contribution is 7.92. The lowest BCUT2D eigenvalue weighted by Gasteiger charge is -2.31. The molecule has 0 saturated carbocycles. The van der Waals surface area contributed by atoms with Gasteiger partial charge in [0.05, 0.1) is 34.6 Å². The zero-order valence-corrected chi connectivity index (χ0v) is 19.9. The highest BCUT2D eigenvalue weighted by Gasteiger charge is 2.35. The average Bonchev–Trinajstić information content (AvgIpc) is 3.04. The Kier molecular flexibility index (Phi) is 5.25. The van der Waals surface area contributed by atoms with Gasteiger partial charge < -0.3 is 4.74 Å². The van der Waals surface area contributed by atoms with Crippen molar-refractivity contribution >= 4 is 33.3 Å². The smallest absolute Gasteiger partial charge is 0.261 e. The van der Waals surface area contributed by atoms with Crippen molar-refractivity contribution < 1.29 is 27.5 Å². The summed E-state index contributed by atoms with van der Waals surface area (Å²) in [5, 5.41) is 0. The number of rotatable bonds is 5. The van der Waals surface area contributed by atoms with Crippen molar-refractivity contribution in [1.29, 1.82) is 0 Å². The molecule has 0 radical (unpaired) electrons. The van der Waals surface area contributed by atoms with Crippen LogP contribution in [0.15, 0.2) is 71.6 Å². The molecule has 5 rings (SSSR count). The first-order chi connectivity index (χ1) is 16.5. The molecule has 2 aliphatic heterocycles. The van der Waals surface area contributed by atoms with Gasteiger partial charge in [-0.2, -0.15) is 0 Å². The average molecular weight is 491 g/mol. The largest absolute Gasteiger partial charge is 0.487 e. The molecule has 2 heterocycles. The van der Waals surface area contributed by atoms with Crippen LogP contribution in [0.25, 0.3) is 0 Å². The van der Waals surface area contributed by atoms with Crippen LogP contribution < -0.4 is 9.46 Å². The number of sulfonamides is 1. The molecule has 0 bridgehead atoms. The molecular weight excluding hydrogens is 468 g/mol. The van der Waals surface area contributed by atoms with Crippen molar-refractivity contribution in [2.45, 2.75) is 37.3 Å². The number of fused-ring (bicyclic) bond motifs is 2. The van der Waals surface area contributed by atoms with Gasteiger partial charge >= 0.3 is 0 Å². The molecule has 3 aromatic carbocycles. The number of amides is 2. The maximum Gasteiger partial charge on any atom is 0.261 e. The Hall–Kier alpha value is -3.98.